The Balaban J connectivity index is 2.01. The molecular weight excluding hydrogens is 379 g/mol. The molecule has 6 heteroatoms. The summed E-state index contributed by atoms with van der Waals surface area (Å²) >= 11 is 6.60. The Bertz CT molecular complexity index is 462. The molecule has 0 saturated carbocycles. The van der Waals surface area contributed by atoms with Crippen molar-refractivity contribution in [3.8, 4) is 0 Å². The van der Waals surface area contributed by atoms with E-state index in [0.29, 0.717) is 17.6 Å². The van der Waals surface area contributed by atoms with Crippen LogP contribution in [0.2, 0.25) is 0 Å². The van der Waals surface area contributed by atoms with Crippen molar-refractivity contribution in [1.82, 2.24) is 9.80 Å². The summed E-state index contributed by atoms with van der Waals surface area (Å²) in [5, 5.41) is 0.933. The fraction of sp³-hybridized carbons (Fsp3) is 0.462. The van der Waals surface area contributed by atoms with Gasteiger partial charge in [-0.1, -0.05) is 31.9 Å². The van der Waals surface area contributed by atoms with Gasteiger partial charge in [0.05, 0.1) is 5.56 Å². The lowest BCUT2D eigenvalue weighted by Gasteiger charge is -2.34. The molecule has 3 nitrogen and oxygen atoms in total. The topological polar surface area (TPSA) is 23.6 Å². The van der Waals surface area contributed by atoms with E-state index >= 15 is 0 Å². The van der Waals surface area contributed by atoms with Gasteiger partial charge in [-0.05, 0) is 18.2 Å². The molecule has 0 spiro atoms. The number of carbonyl (C=O) groups excluding carboxylic acids is 1. The lowest BCUT2D eigenvalue weighted by molar-refractivity contribution is 0.0640. The molecule has 0 aliphatic carbocycles. The molecule has 0 unspecified atom stereocenters. The first kappa shape index (κ1) is 14.9. The number of amides is 1. The highest BCUT2D eigenvalue weighted by Gasteiger charge is 2.23. The summed E-state index contributed by atoms with van der Waals surface area (Å²) in [6.45, 7) is 3.97. The van der Waals surface area contributed by atoms with Crippen LogP contribution in [0.4, 0.5) is 4.39 Å². The maximum absolute atomic E-state index is 13.8. The van der Waals surface area contributed by atoms with E-state index in [9.17, 15) is 9.18 Å². The average Bonchev–Trinajstić information content (AvgIpc) is 2.39. The van der Waals surface area contributed by atoms with Crippen LogP contribution in [0.5, 0.6) is 0 Å². The lowest BCUT2D eigenvalue weighted by atomic mass is 10.1. The van der Waals surface area contributed by atoms with Gasteiger partial charge in [-0.15, -0.1) is 0 Å². The zero-order valence-corrected chi connectivity index (χ0v) is 13.6. The fourth-order valence-electron chi connectivity index (χ4n) is 2.13. The van der Waals surface area contributed by atoms with Gasteiger partial charge in [-0.3, -0.25) is 9.69 Å². The van der Waals surface area contributed by atoms with Crippen molar-refractivity contribution in [2.45, 2.75) is 0 Å². The first-order chi connectivity index (χ1) is 9.11. The number of hydrogen-bond donors (Lipinski definition) is 0. The smallest absolute Gasteiger partial charge is 0.256 e. The summed E-state index contributed by atoms with van der Waals surface area (Å²) in [5.74, 6) is -0.689. The summed E-state index contributed by atoms with van der Waals surface area (Å²) in [6, 6.07) is 4.55. The Labute approximate surface area is 129 Å². The quantitative estimate of drug-likeness (QED) is 0.737. The zero-order chi connectivity index (χ0) is 13.8. The molecule has 104 valence electrons. The number of nitrogens with zero attached hydrogens (tertiary/aromatic N) is 2. The third-order valence-electron chi connectivity index (χ3n) is 3.22. The molecule has 1 fully saturated rings. The van der Waals surface area contributed by atoms with Crippen LogP contribution in [0.15, 0.2) is 22.7 Å². The molecule has 1 heterocycles. The van der Waals surface area contributed by atoms with Crippen LogP contribution in [0.25, 0.3) is 0 Å². The highest BCUT2D eigenvalue weighted by Crippen LogP contribution is 2.17. The number of halogens is 3. The summed E-state index contributed by atoms with van der Waals surface area (Å²) in [6.07, 6.45) is 0. The van der Waals surface area contributed by atoms with E-state index in [4.69, 9.17) is 0 Å². The van der Waals surface area contributed by atoms with Crippen molar-refractivity contribution < 1.29 is 9.18 Å². The van der Waals surface area contributed by atoms with Crippen molar-refractivity contribution in [2.75, 3.05) is 38.1 Å². The second-order valence-corrected chi connectivity index (χ2v) is 6.16. The lowest BCUT2D eigenvalue weighted by Crippen LogP contribution is -2.49. The first-order valence-electron chi connectivity index (χ1n) is 6.14. The fourth-order valence-corrected chi connectivity index (χ4v) is 2.96. The highest BCUT2D eigenvalue weighted by molar-refractivity contribution is 9.10. The molecule has 1 saturated heterocycles. The Hall–Kier alpha value is -0.460. The minimum Gasteiger partial charge on any atom is -0.336 e. The van der Waals surface area contributed by atoms with Crippen molar-refractivity contribution >= 4 is 37.8 Å². The molecule has 0 bridgehead atoms. The van der Waals surface area contributed by atoms with Crippen LogP contribution >= 0.6 is 31.9 Å². The van der Waals surface area contributed by atoms with E-state index in [1.165, 1.54) is 12.1 Å². The molecule has 1 aliphatic heterocycles. The van der Waals surface area contributed by atoms with Gasteiger partial charge >= 0.3 is 0 Å². The second kappa shape index (κ2) is 6.81. The van der Waals surface area contributed by atoms with Gasteiger partial charge in [0.25, 0.3) is 5.91 Å². The predicted octanol–water partition coefficient (Wildman–Crippen LogP) is 2.74. The van der Waals surface area contributed by atoms with E-state index < -0.39 is 5.82 Å². The summed E-state index contributed by atoms with van der Waals surface area (Å²) < 4.78 is 14.4. The summed E-state index contributed by atoms with van der Waals surface area (Å²) in [5.41, 5.74) is 0.150. The van der Waals surface area contributed by atoms with Gasteiger partial charge in [-0.25, -0.2) is 4.39 Å². The van der Waals surface area contributed by atoms with Gasteiger partial charge in [0.15, 0.2) is 0 Å². The molecule has 1 aromatic rings. The zero-order valence-electron chi connectivity index (χ0n) is 10.4. The molecular formula is C13H15Br2FN2O. The van der Waals surface area contributed by atoms with Crippen molar-refractivity contribution in [3.05, 3.63) is 34.1 Å². The third-order valence-corrected chi connectivity index (χ3v) is 4.07. The van der Waals surface area contributed by atoms with Crippen LogP contribution in [0.3, 0.4) is 0 Å². The molecule has 0 N–H and O–H groups in total. The predicted molar refractivity (Wildman–Crippen MR) is 80.2 cm³/mol. The molecule has 19 heavy (non-hydrogen) atoms. The molecule has 0 radical (unpaired) electrons. The van der Waals surface area contributed by atoms with Gasteiger partial charge in [0.1, 0.15) is 5.82 Å². The van der Waals surface area contributed by atoms with Crippen LogP contribution in [0, 0.1) is 5.82 Å². The van der Waals surface area contributed by atoms with E-state index in [1.54, 1.807) is 11.0 Å². The molecule has 1 aliphatic rings. The first-order valence-corrected chi connectivity index (χ1v) is 8.06. The molecule has 2 rings (SSSR count). The third kappa shape index (κ3) is 3.77. The number of rotatable bonds is 3. The Morgan fingerprint density at radius 2 is 1.95 bits per heavy atom. The summed E-state index contributed by atoms with van der Waals surface area (Å²) in [7, 11) is 0. The van der Waals surface area contributed by atoms with E-state index in [-0.39, 0.29) is 11.5 Å². The normalized spacial score (nSPS) is 16.7. The second-order valence-electron chi connectivity index (χ2n) is 4.45. The van der Waals surface area contributed by atoms with Gasteiger partial charge in [0, 0.05) is 42.5 Å². The van der Waals surface area contributed by atoms with Crippen LogP contribution in [-0.2, 0) is 0 Å². The monoisotopic (exact) mass is 392 g/mol. The van der Waals surface area contributed by atoms with Crippen molar-refractivity contribution in [1.29, 1.82) is 0 Å². The maximum atomic E-state index is 13.8. The van der Waals surface area contributed by atoms with Crippen molar-refractivity contribution in [2.24, 2.45) is 0 Å². The van der Waals surface area contributed by atoms with Crippen LogP contribution in [-0.4, -0.2) is 53.8 Å². The van der Waals surface area contributed by atoms with E-state index in [1.807, 2.05) is 0 Å². The molecule has 0 atom stereocenters. The number of benzene rings is 1. The van der Waals surface area contributed by atoms with Gasteiger partial charge in [-0.2, -0.15) is 0 Å². The molecule has 1 aromatic carbocycles. The van der Waals surface area contributed by atoms with Crippen molar-refractivity contribution in [3.63, 3.8) is 0 Å². The van der Waals surface area contributed by atoms with E-state index in [0.717, 1.165) is 25.0 Å². The van der Waals surface area contributed by atoms with Crippen LogP contribution in [0.1, 0.15) is 10.4 Å². The van der Waals surface area contributed by atoms with Crippen LogP contribution < -0.4 is 0 Å². The number of piperazine rings is 1. The Morgan fingerprint density at radius 1 is 1.26 bits per heavy atom. The molecule has 1 amide bonds. The van der Waals surface area contributed by atoms with Gasteiger partial charge < -0.3 is 4.90 Å². The van der Waals surface area contributed by atoms with E-state index in [2.05, 4.69) is 36.8 Å². The minimum absolute atomic E-state index is 0.150. The largest absolute Gasteiger partial charge is 0.336 e. The van der Waals surface area contributed by atoms with Gasteiger partial charge in [0.2, 0.25) is 0 Å². The Kier molecular flexibility index (Phi) is 5.36. The number of carbonyl (C=O) groups is 1. The summed E-state index contributed by atoms with van der Waals surface area (Å²) in [4.78, 5) is 16.2. The minimum atomic E-state index is -0.470. The standard InChI is InChI=1S/C13H15Br2FN2O/c14-3-4-17-5-7-18(8-6-17)13(19)11-2-1-10(15)9-12(11)16/h1-2,9H,3-8H2. The Morgan fingerprint density at radius 3 is 2.53 bits per heavy atom. The average molecular weight is 394 g/mol. The number of hydrogen-bond acceptors (Lipinski definition) is 2. The molecule has 0 aromatic heterocycles. The highest BCUT2D eigenvalue weighted by atomic mass is 79.9. The SMILES string of the molecule is O=C(c1ccc(Br)cc1F)N1CCN(CCBr)CC1. The maximum Gasteiger partial charge on any atom is 0.256 e. The number of alkyl halides is 1.